The van der Waals surface area contributed by atoms with Gasteiger partial charge in [0.15, 0.2) is 5.82 Å². The van der Waals surface area contributed by atoms with Crippen molar-refractivity contribution in [2.45, 2.75) is 32.1 Å². The molecule has 1 aliphatic carbocycles. The molecular formula is C22H21N5O. The number of amides is 1. The molecule has 1 saturated carbocycles. The summed E-state index contributed by atoms with van der Waals surface area (Å²) in [5.41, 5.74) is 4.43. The normalized spacial score (nSPS) is 16.1. The van der Waals surface area contributed by atoms with Crippen LogP contribution in [0.3, 0.4) is 0 Å². The van der Waals surface area contributed by atoms with Crippen LogP contribution in [-0.4, -0.2) is 27.4 Å². The number of hydrogen-bond acceptors (Lipinski definition) is 5. The van der Waals surface area contributed by atoms with Gasteiger partial charge in [-0.15, -0.1) is 0 Å². The minimum absolute atomic E-state index is 0.123. The van der Waals surface area contributed by atoms with Crippen molar-refractivity contribution < 1.29 is 4.79 Å². The zero-order chi connectivity index (χ0) is 19.3. The number of benzene rings is 1. The summed E-state index contributed by atoms with van der Waals surface area (Å²) in [5.74, 6) is 2.06. The van der Waals surface area contributed by atoms with E-state index in [0.717, 1.165) is 48.0 Å². The predicted octanol–water partition coefficient (Wildman–Crippen LogP) is 3.99. The SMILES string of the molecule is CC(=O)Nc1cc2c(cn1)C1(CC1)CN2c1cc(C)nc(-c2ccccc2)n1. The van der Waals surface area contributed by atoms with Crippen molar-refractivity contribution in [3.63, 3.8) is 0 Å². The van der Waals surface area contributed by atoms with Crippen molar-refractivity contribution in [1.82, 2.24) is 15.0 Å². The number of fused-ring (bicyclic) bond motifs is 2. The lowest BCUT2D eigenvalue weighted by Crippen LogP contribution is -2.20. The largest absolute Gasteiger partial charge is 0.325 e. The molecule has 28 heavy (non-hydrogen) atoms. The lowest BCUT2D eigenvalue weighted by Gasteiger charge is -2.20. The van der Waals surface area contributed by atoms with Crippen LogP contribution in [0.2, 0.25) is 0 Å². The first-order valence-corrected chi connectivity index (χ1v) is 9.51. The zero-order valence-corrected chi connectivity index (χ0v) is 15.9. The van der Waals surface area contributed by atoms with E-state index in [0.29, 0.717) is 5.82 Å². The Bertz CT molecular complexity index is 1080. The van der Waals surface area contributed by atoms with Crippen LogP contribution in [0.1, 0.15) is 31.0 Å². The second-order valence-electron chi connectivity index (χ2n) is 7.69. The molecule has 1 fully saturated rings. The Balaban J connectivity index is 1.60. The van der Waals surface area contributed by atoms with E-state index in [1.54, 1.807) is 0 Å². The Kier molecular flexibility index (Phi) is 3.69. The minimum atomic E-state index is -0.123. The van der Waals surface area contributed by atoms with Crippen molar-refractivity contribution in [2.75, 3.05) is 16.8 Å². The summed E-state index contributed by atoms with van der Waals surface area (Å²) >= 11 is 0. The number of nitrogens with zero attached hydrogens (tertiary/aromatic N) is 4. The second kappa shape index (κ2) is 6.12. The molecule has 3 aromatic rings. The Labute approximate surface area is 163 Å². The molecule has 2 aromatic heterocycles. The van der Waals surface area contributed by atoms with E-state index in [-0.39, 0.29) is 11.3 Å². The van der Waals surface area contributed by atoms with E-state index < -0.39 is 0 Å². The molecule has 1 aromatic carbocycles. The summed E-state index contributed by atoms with van der Waals surface area (Å²) in [4.78, 5) is 27.7. The lowest BCUT2D eigenvalue weighted by molar-refractivity contribution is -0.114. The van der Waals surface area contributed by atoms with Gasteiger partial charge < -0.3 is 10.2 Å². The van der Waals surface area contributed by atoms with Gasteiger partial charge in [0, 0.05) is 54.0 Å². The van der Waals surface area contributed by atoms with Crippen molar-refractivity contribution >= 4 is 23.2 Å². The fraction of sp³-hybridized carbons (Fsp3) is 0.273. The molecule has 0 radical (unpaired) electrons. The molecule has 5 rings (SSSR count). The van der Waals surface area contributed by atoms with Crippen LogP contribution < -0.4 is 10.2 Å². The summed E-state index contributed by atoms with van der Waals surface area (Å²) in [7, 11) is 0. The van der Waals surface area contributed by atoms with E-state index in [2.05, 4.69) is 20.2 Å². The van der Waals surface area contributed by atoms with Crippen molar-refractivity contribution in [3.8, 4) is 11.4 Å². The minimum Gasteiger partial charge on any atom is -0.325 e. The summed E-state index contributed by atoms with van der Waals surface area (Å²) < 4.78 is 0. The molecule has 6 heteroatoms. The molecule has 140 valence electrons. The summed E-state index contributed by atoms with van der Waals surface area (Å²) in [6.45, 7) is 4.38. The lowest BCUT2D eigenvalue weighted by atomic mass is 10.0. The molecule has 1 spiro atoms. The smallest absolute Gasteiger partial charge is 0.222 e. The Morgan fingerprint density at radius 3 is 2.64 bits per heavy atom. The van der Waals surface area contributed by atoms with Gasteiger partial charge in [-0.2, -0.15) is 0 Å². The van der Waals surface area contributed by atoms with E-state index in [1.165, 1.54) is 12.5 Å². The molecule has 1 N–H and O–H groups in total. The van der Waals surface area contributed by atoms with Crippen molar-refractivity contribution in [3.05, 3.63) is 59.9 Å². The van der Waals surface area contributed by atoms with Gasteiger partial charge in [-0.3, -0.25) is 4.79 Å². The quantitative estimate of drug-likeness (QED) is 0.754. The Hall–Kier alpha value is -3.28. The monoisotopic (exact) mass is 371 g/mol. The van der Waals surface area contributed by atoms with Crippen LogP contribution in [0.15, 0.2) is 48.7 Å². The highest BCUT2D eigenvalue weighted by Gasteiger charge is 2.52. The molecule has 2 aliphatic rings. The second-order valence-corrected chi connectivity index (χ2v) is 7.69. The van der Waals surface area contributed by atoms with E-state index >= 15 is 0 Å². The first-order chi connectivity index (χ1) is 13.5. The number of rotatable bonds is 3. The molecular weight excluding hydrogens is 350 g/mol. The molecule has 1 amide bonds. The number of carbonyl (C=O) groups is 1. The standard InChI is InChI=1S/C22H21N5O/c1-14-10-20(26-21(24-14)16-6-4-3-5-7-16)27-13-22(8-9-22)17-12-23-19(11-18(17)27)25-15(2)28/h3-7,10-12H,8-9,13H2,1-2H3,(H,23,25,28). The maximum atomic E-state index is 11.5. The van der Waals surface area contributed by atoms with E-state index in [9.17, 15) is 4.79 Å². The first kappa shape index (κ1) is 16.9. The molecule has 1 aliphatic heterocycles. The average Bonchev–Trinajstić information content (AvgIpc) is 3.39. The van der Waals surface area contributed by atoms with Crippen LogP contribution in [0, 0.1) is 6.92 Å². The predicted molar refractivity (Wildman–Crippen MR) is 109 cm³/mol. The summed E-state index contributed by atoms with van der Waals surface area (Å²) in [5, 5.41) is 2.79. The number of anilines is 3. The van der Waals surface area contributed by atoms with Gasteiger partial charge in [-0.05, 0) is 19.8 Å². The van der Waals surface area contributed by atoms with Gasteiger partial charge in [0.25, 0.3) is 0 Å². The highest BCUT2D eigenvalue weighted by Crippen LogP contribution is 2.58. The maximum Gasteiger partial charge on any atom is 0.222 e. The Morgan fingerprint density at radius 2 is 1.93 bits per heavy atom. The van der Waals surface area contributed by atoms with Crippen LogP contribution in [-0.2, 0) is 10.2 Å². The highest BCUT2D eigenvalue weighted by molar-refractivity contribution is 5.89. The van der Waals surface area contributed by atoms with E-state index in [1.807, 2.05) is 55.6 Å². The van der Waals surface area contributed by atoms with Crippen LogP contribution >= 0.6 is 0 Å². The average molecular weight is 371 g/mol. The number of aryl methyl sites for hydroxylation is 1. The number of carbonyl (C=O) groups excluding carboxylic acids is 1. The van der Waals surface area contributed by atoms with E-state index in [4.69, 9.17) is 4.98 Å². The van der Waals surface area contributed by atoms with Crippen LogP contribution in [0.25, 0.3) is 11.4 Å². The van der Waals surface area contributed by atoms with Crippen molar-refractivity contribution in [1.29, 1.82) is 0 Å². The fourth-order valence-electron chi connectivity index (χ4n) is 3.99. The van der Waals surface area contributed by atoms with Gasteiger partial charge in [-0.25, -0.2) is 15.0 Å². The zero-order valence-electron chi connectivity index (χ0n) is 15.9. The maximum absolute atomic E-state index is 11.5. The molecule has 3 heterocycles. The molecule has 6 nitrogen and oxygen atoms in total. The number of nitrogens with one attached hydrogen (secondary N) is 1. The Morgan fingerprint density at radius 1 is 1.14 bits per heavy atom. The van der Waals surface area contributed by atoms with Gasteiger partial charge in [-0.1, -0.05) is 30.3 Å². The summed E-state index contributed by atoms with van der Waals surface area (Å²) in [6.07, 6.45) is 4.24. The van der Waals surface area contributed by atoms with Gasteiger partial charge >= 0.3 is 0 Å². The third-order valence-electron chi connectivity index (χ3n) is 5.51. The van der Waals surface area contributed by atoms with Gasteiger partial charge in [0.05, 0.1) is 5.69 Å². The van der Waals surface area contributed by atoms with Crippen LogP contribution in [0.5, 0.6) is 0 Å². The van der Waals surface area contributed by atoms with Crippen LogP contribution in [0.4, 0.5) is 17.3 Å². The number of hydrogen-bond donors (Lipinski definition) is 1. The third kappa shape index (κ3) is 2.81. The molecule has 0 unspecified atom stereocenters. The first-order valence-electron chi connectivity index (χ1n) is 9.51. The highest BCUT2D eigenvalue weighted by atomic mass is 16.1. The van der Waals surface area contributed by atoms with Gasteiger partial charge in [0.1, 0.15) is 11.6 Å². The molecule has 0 atom stereocenters. The molecule has 0 saturated heterocycles. The molecule has 0 bridgehead atoms. The fourth-order valence-corrected chi connectivity index (χ4v) is 3.99. The topological polar surface area (TPSA) is 71.0 Å². The van der Waals surface area contributed by atoms with Crippen molar-refractivity contribution in [2.24, 2.45) is 0 Å². The number of pyridine rings is 1. The summed E-state index contributed by atoms with van der Waals surface area (Å²) in [6, 6.07) is 14.0. The third-order valence-corrected chi connectivity index (χ3v) is 5.51. The number of aromatic nitrogens is 3. The van der Waals surface area contributed by atoms with Gasteiger partial charge in [0.2, 0.25) is 5.91 Å².